The molecule has 0 bridgehead atoms. The van der Waals surface area contributed by atoms with E-state index in [1.165, 1.54) is 31.4 Å². The second-order valence-electron chi connectivity index (χ2n) is 6.95. The lowest BCUT2D eigenvalue weighted by Gasteiger charge is -2.33. The molecule has 3 atom stereocenters. The third-order valence-corrected chi connectivity index (χ3v) is 5.41. The maximum absolute atomic E-state index is 14.4. The van der Waals surface area contributed by atoms with Gasteiger partial charge in [0.1, 0.15) is 11.9 Å². The number of nitrogens with two attached hydrogens (primary N) is 1. The molecule has 2 saturated carbocycles. The second kappa shape index (κ2) is 5.57. The molecule has 1 aliphatic heterocycles. The number of benzene rings is 1. The van der Waals surface area contributed by atoms with Gasteiger partial charge in [0.2, 0.25) is 0 Å². The van der Waals surface area contributed by atoms with Crippen molar-refractivity contribution in [2.45, 2.75) is 43.8 Å². The molecule has 2 aliphatic carbocycles. The van der Waals surface area contributed by atoms with E-state index in [1.54, 1.807) is 6.07 Å². The highest BCUT2D eigenvalue weighted by molar-refractivity contribution is 5.74. The summed E-state index contributed by atoms with van der Waals surface area (Å²) in [6.45, 7) is 0.771. The fourth-order valence-corrected chi connectivity index (χ4v) is 3.70. The number of fused-ring (bicyclic) bond motifs is 1. The van der Waals surface area contributed by atoms with Gasteiger partial charge >= 0.3 is 0 Å². The Kier molecular flexibility index (Phi) is 3.62. The minimum Gasteiger partial charge on any atom is -0.462 e. The Balaban J connectivity index is 1.68. The zero-order valence-corrected chi connectivity index (χ0v) is 13.1. The van der Waals surface area contributed by atoms with E-state index in [1.807, 2.05) is 0 Å². The lowest BCUT2D eigenvalue weighted by atomic mass is 9.84. The number of hydrogen-bond donors (Lipinski definition) is 2. The third-order valence-electron chi connectivity index (χ3n) is 5.41. The van der Waals surface area contributed by atoms with E-state index in [0.717, 1.165) is 6.54 Å². The van der Waals surface area contributed by atoms with Crippen LogP contribution in [-0.4, -0.2) is 25.1 Å². The molecular formula is C17H20F3N3O. The highest BCUT2D eigenvalue weighted by atomic mass is 19.3. The number of hydrogen-bond acceptors (Lipinski definition) is 4. The molecule has 4 rings (SSSR count). The summed E-state index contributed by atoms with van der Waals surface area (Å²) in [5.41, 5.74) is 4.15. The second-order valence-corrected chi connectivity index (χ2v) is 6.95. The Morgan fingerprint density at radius 1 is 1.38 bits per heavy atom. The number of ether oxygens (including phenoxy) is 1. The Bertz CT molecular complexity index is 677. The molecule has 1 aromatic rings. The van der Waals surface area contributed by atoms with Gasteiger partial charge in [0.25, 0.3) is 12.4 Å². The van der Waals surface area contributed by atoms with E-state index >= 15 is 0 Å². The SMILES string of the molecule is NC1=NC(c2cc(NCC3CCC3)ccc2F)(C(F)F)C2CC2O1. The standard InChI is InChI=1S/C17H20F3N3O/c18-13-5-4-10(22-8-9-2-1-3-9)6-11(13)17(15(19)20)12-7-14(12)24-16(21)23-17/h4-6,9,12,14-15,22H,1-3,7-8H2,(H2,21,23). The van der Waals surface area contributed by atoms with E-state index in [0.29, 0.717) is 18.0 Å². The van der Waals surface area contributed by atoms with Crippen LogP contribution >= 0.6 is 0 Å². The van der Waals surface area contributed by atoms with Gasteiger partial charge in [0.05, 0.1) is 0 Å². The fourth-order valence-electron chi connectivity index (χ4n) is 3.70. The Morgan fingerprint density at radius 2 is 2.17 bits per heavy atom. The summed E-state index contributed by atoms with van der Waals surface area (Å²) in [5, 5.41) is 3.23. The van der Waals surface area contributed by atoms with Crippen molar-refractivity contribution >= 4 is 11.7 Å². The molecule has 0 radical (unpaired) electrons. The van der Waals surface area contributed by atoms with E-state index in [-0.39, 0.29) is 11.6 Å². The van der Waals surface area contributed by atoms with Crippen molar-refractivity contribution in [1.82, 2.24) is 0 Å². The number of alkyl halides is 2. The van der Waals surface area contributed by atoms with Crippen molar-refractivity contribution < 1.29 is 17.9 Å². The van der Waals surface area contributed by atoms with Crippen molar-refractivity contribution in [2.24, 2.45) is 22.6 Å². The monoisotopic (exact) mass is 339 g/mol. The molecule has 3 unspecified atom stereocenters. The van der Waals surface area contributed by atoms with Crippen LogP contribution in [0.5, 0.6) is 0 Å². The largest absolute Gasteiger partial charge is 0.462 e. The number of nitrogens with one attached hydrogen (secondary N) is 1. The summed E-state index contributed by atoms with van der Waals surface area (Å²) in [5.74, 6) is -0.623. The van der Waals surface area contributed by atoms with Gasteiger partial charge in [-0.05, 0) is 43.4 Å². The Morgan fingerprint density at radius 3 is 2.83 bits per heavy atom. The number of anilines is 1. The smallest absolute Gasteiger partial charge is 0.283 e. The van der Waals surface area contributed by atoms with Gasteiger partial charge in [-0.25, -0.2) is 18.2 Å². The lowest BCUT2D eigenvalue weighted by molar-refractivity contribution is 0.0177. The normalized spacial score (nSPS) is 31.8. The summed E-state index contributed by atoms with van der Waals surface area (Å²) >= 11 is 0. The van der Waals surface area contributed by atoms with Crippen LogP contribution in [0, 0.1) is 17.7 Å². The van der Waals surface area contributed by atoms with Crippen LogP contribution in [-0.2, 0) is 10.3 Å². The molecular weight excluding hydrogens is 319 g/mol. The van der Waals surface area contributed by atoms with Crippen LogP contribution < -0.4 is 11.1 Å². The van der Waals surface area contributed by atoms with Gasteiger partial charge < -0.3 is 15.8 Å². The van der Waals surface area contributed by atoms with Gasteiger partial charge in [-0.15, -0.1) is 0 Å². The molecule has 3 aliphatic rings. The zero-order valence-electron chi connectivity index (χ0n) is 13.1. The minimum absolute atomic E-state index is 0.102. The highest BCUT2D eigenvalue weighted by Crippen LogP contribution is 2.56. The molecule has 0 saturated heterocycles. The van der Waals surface area contributed by atoms with E-state index < -0.39 is 29.8 Å². The molecule has 7 heteroatoms. The summed E-state index contributed by atoms with van der Waals surface area (Å²) in [6, 6.07) is 3.97. The van der Waals surface area contributed by atoms with E-state index in [9.17, 15) is 13.2 Å². The average molecular weight is 339 g/mol. The average Bonchev–Trinajstić information content (AvgIpc) is 3.25. The quantitative estimate of drug-likeness (QED) is 0.866. The van der Waals surface area contributed by atoms with Crippen LogP contribution in [0.1, 0.15) is 31.2 Å². The minimum atomic E-state index is -2.86. The van der Waals surface area contributed by atoms with Crippen LogP contribution in [0.4, 0.5) is 18.9 Å². The molecule has 0 amide bonds. The van der Waals surface area contributed by atoms with Gasteiger partial charge in [0, 0.05) is 23.7 Å². The summed E-state index contributed by atoms with van der Waals surface area (Å²) in [7, 11) is 0. The van der Waals surface area contributed by atoms with E-state index in [4.69, 9.17) is 10.5 Å². The van der Waals surface area contributed by atoms with Crippen molar-refractivity contribution in [3.05, 3.63) is 29.6 Å². The van der Waals surface area contributed by atoms with Gasteiger partial charge in [-0.1, -0.05) is 6.42 Å². The van der Waals surface area contributed by atoms with Crippen molar-refractivity contribution in [1.29, 1.82) is 0 Å². The first-order chi connectivity index (χ1) is 11.5. The van der Waals surface area contributed by atoms with Crippen LogP contribution in [0.15, 0.2) is 23.2 Å². The summed E-state index contributed by atoms with van der Waals surface area (Å²) < 4.78 is 47.6. The predicted octanol–water partition coefficient (Wildman–Crippen LogP) is 3.23. The summed E-state index contributed by atoms with van der Waals surface area (Å²) in [4.78, 5) is 3.89. The van der Waals surface area contributed by atoms with Gasteiger partial charge in [0.15, 0.2) is 5.54 Å². The topological polar surface area (TPSA) is 59.6 Å². The molecule has 4 nitrogen and oxygen atoms in total. The molecule has 3 N–H and O–H groups in total. The van der Waals surface area contributed by atoms with E-state index in [2.05, 4.69) is 10.3 Å². The Labute approximate surface area is 138 Å². The zero-order chi connectivity index (χ0) is 16.9. The molecule has 0 spiro atoms. The number of halogens is 3. The highest BCUT2D eigenvalue weighted by Gasteiger charge is 2.64. The molecule has 130 valence electrons. The maximum atomic E-state index is 14.4. The lowest BCUT2D eigenvalue weighted by Crippen LogP contribution is -2.43. The molecule has 0 aromatic heterocycles. The predicted molar refractivity (Wildman–Crippen MR) is 84.5 cm³/mol. The van der Waals surface area contributed by atoms with Crippen molar-refractivity contribution in [3.8, 4) is 0 Å². The molecule has 1 aromatic carbocycles. The number of nitrogens with zero attached hydrogens (tertiary/aromatic N) is 1. The molecule has 2 fully saturated rings. The Hall–Kier alpha value is -1.92. The maximum Gasteiger partial charge on any atom is 0.283 e. The molecule has 1 heterocycles. The molecule has 24 heavy (non-hydrogen) atoms. The van der Waals surface area contributed by atoms with Gasteiger partial charge in [-0.2, -0.15) is 0 Å². The van der Waals surface area contributed by atoms with Crippen LogP contribution in [0.25, 0.3) is 0 Å². The van der Waals surface area contributed by atoms with Crippen molar-refractivity contribution in [2.75, 3.05) is 11.9 Å². The van der Waals surface area contributed by atoms with Gasteiger partial charge in [-0.3, -0.25) is 0 Å². The first kappa shape index (κ1) is 15.6. The summed E-state index contributed by atoms with van der Waals surface area (Å²) in [6.07, 6.45) is 0.725. The number of aliphatic imine (C=N–C) groups is 1. The van der Waals surface area contributed by atoms with Crippen LogP contribution in [0.3, 0.4) is 0 Å². The number of rotatable bonds is 5. The first-order valence-corrected chi connectivity index (χ1v) is 8.34. The number of amidine groups is 1. The first-order valence-electron chi connectivity index (χ1n) is 8.34. The van der Waals surface area contributed by atoms with Crippen LogP contribution in [0.2, 0.25) is 0 Å². The third kappa shape index (κ3) is 2.41. The fraction of sp³-hybridized carbons (Fsp3) is 0.588. The van der Waals surface area contributed by atoms with Crippen molar-refractivity contribution in [3.63, 3.8) is 0 Å².